The number of hydrogen-bond acceptors (Lipinski definition) is 4. The lowest BCUT2D eigenvalue weighted by molar-refractivity contribution is -0.153. The van der Waals surface area contributed by atoms with Crippen LogP contribution < -0.4 is 10.5 Å². The Morgan fingerprint density at radius 3 is 2.66 bits per heavy atom. The SMILES string of the molecule is O=C1N(Cc2ccc(C(F)(F)F)o2)c2ccccc2C12CCn1c2cc2occc2c1=O. The largest absolute Gasteiger partial charge is 0.464 e. The molecule has 6 rings (SSSR count). The minimum atomic E-state index is -4.60. The maximum atomic E-state index is 13.9. The van der Waals surface area contributed by atoms with E-state index in [1.54, 1.807) is 34.9 Å². The molecule has 32 heavy (non-hydrogen) atoms. The molecule has 1 amide bonds. The van der Waals surface area contributed by atoms with E-state index in [0.29, 0.717) is 40.9 Å². The van der Waals surface area contributed by atoms with Crippen molar-refractivity contribution in [1.82, 2.24) is 4.57 Å². The van der Waals surface area contributed by atoms with Crippen molar-refractivity contribution in [1.29, 1.82) is 0 Å². The van der Waals surface area contributed by atoms with Crippen LogP contribution in [0.15, 0.2) is 68.4 Å². The van der Waals surface area contributed by atoms with Gasteiger partial charge < -0.3 is 18.3 Å². The summed E-state index contributed by atoms with van der Waals surface area (Å²) < 4.78 is 50.9. The van der Waals surface area contributed by atoms with Crippen LogP contribution in [-0.4, -0.2) is 10.5 Å². The molecule has 1 aromatic carbocycles. The number of para-hydroxylation sites is 1. The van der Waals surface area contributed by atoms with Gasteiger partial charge >= 0.3 is 6.18 Å². The van der Waals surface area contributed by atoms with Crippen molar-refractivity contribution in [3.8, 4) is 0 Å². The minimum absolute atomic E-state index is 0.0226. The number of furan rings is 2. The molecule has 0 saturated carbocycles. The molecule has 2 aliphatic rings. The summed E-state index contributed by atoms with van der Waals surface area (Å²) in [7, 11) is 0. The molecule has 0 radical (unpaired) electrons. The van der Waals surface area contributed by atoms with Crippen molar-refractivity contribution in [2.24, 2.45) is 0 Å². The third kappa shape index (κ3) is 2.36. The average Bonchev–Trinajstić information content (AvgIpc) is 3.53. The van der Waals surface area contributed by atoms with E-state index < -0.39 is 17.4 Å². The molecule has 1 atom stereocenters. The number of carbonyl (C=O) groups is 1. The van der Waals surface area contributed by atoms with Gasteiger partial charge in [-0.2, -0.15) is 13.2 Å². The second kappa shape index (κ2) is 6.15. The van der Waals surface area contributed by atoms with E-state index in [2.05, 4.69) is 0 Å². The van der Waals surface area contributed by atoms with E-state index in [1.165, 1.54) is 17.2 Å². The fourth-order valence-electron chi connectivity index (χ4n) is 4.99. The number of nitrogens with zero attached hydrogens (tertiary/aromatic N) is 2. The first kappa shape index (κ1) is 19.0. The molecule has 162 valence electrons. The molecular weight excluding hydrogens is 425 g/mol. The molecule has 1 spiro atoms. The number of rotatable bonds is 2. The first-order valence-electron chi connectivity index (χ1n) is 9.99. The number of hydrogen-bond donors (Lipinski definition) is 0. The van der Waals surface area contributed by atoms with Gasteiger partial charge in [0.25, 0.3) is 5.56 Å². The Bertz CT molecular complexity index is 1460. The zero-order chi connectivity index (χ0) is 22.3. The number of alkyl halides is 3. The summed E-state index contributed by atoms with van der Waals surface area (Å²) >= 11 is 0. The zero-order valence-electron chi connectivity index (χ0n) is 16.5. The first-order chi connectivity index (χ1) is 15.3. The van der Waals surface area contributed by atoms with Crippen LogP contribution in [0.25, 0.3) is 11.0 Å². The number of pyridine rings is 1. The Balaban J connectivity index is 1.50. The van der Waals surface area contributed by atoms with Crippen LogP contribution in [-0.2, 0) is 29.5 Å². The van der Waals surface area contributed by atoms with Gasteiger partial charge in [-0.05, 0) is 36.2 Å². The van der Waals surface area contributed by atoms with Gasteiger partial charge in [-0.15, -0.1) is 0 Å². The summed E-state index contributed by atoms with van der Waals surface area (Å²) in [6, 6.07) is 12.5. The summed E-state index contributed by atoms with van der Waals surface area (Å²) in [6.45, 7) is 0.197. The van der Waals surface area contributed by atoms with Crippen molar-refractivity contribution >= 4 is 22.6 Å². The Labute approximate surface area is 178 Å². The highest BCUT2D eigenvalue weighted by Gasteiger charge is 2.56. The molecule has 6 nitrogen and oxygen atoms in total. The van der Waals surface area contributed by atoms with Gasteiger partial charge in [0.15, 0.2) is 0 Å². The standard InChI is InChI=1S/C23H15F3N2O4/c24-23(25,26)19-6-5-13(32-19)12-28-16-4-2-1-3-15(16)22(21(28)30)8-9-27-18(22)11-17-14(20(27)29)7-10-31-17/h1-7,10-11H,8-9,12H2. The monoisotopic (exact) mass is 440 g/mol. The highest BCUT2D eigenvalue weighted by atomic mass is 19.4. The summed E-state index contributed by atoms with van der Waals surface area (Å²) in [5, 5.41) is 0.441. The average molecular weight is 440 g/mol. The molecule has 0 bridgehead atoms. The molecule has 1 unspecified atom stereocenters. The van der Waals surface area contributed by atoms with Crippen molar-refractivity contribution in [2.75, 3.05) is 4.90 Å². The second-order valence-corrected chi connectivity index (χ2v) is 8.01. The molecule has 0 N–H and O–H groups in total. The van der Waals surface area contributed by atoms with Crippen LogP contribution in [0.1, 0.15) is 29.2 Å². The Morgan fingerprint density at radius 2 is 1.88 bits per heavy atom. The fraction of sp³-hybridized carbons (Fsp3) is 0.217. The summed E-state index contributed by atoms with van der Waals surface area (Å²) in [6.07, 6.45) is -2.81. The van der Waals surface area contributed by atoms with Gasteiger partial charge in [0.05, 0.1) is 18.2 Å². The van der Waals surface area contributed by atoms with E-state index in [4.69, 9.17) is 8.83 Å². The Morgan fingerprint density at radius 1 is 1.06 bits per heavy atom. The molecule has 0 saturated heterocycles. The van der Waals surface area contributed by atoms with Gasteiger partial charge in [-0.25, -0.2) is 0 Å². The highest BCUT2D eigenvalue weighted by Crippen LogP contribution is 2.51. The van der Waals surface area contributed by atoms with Crippen LogP contribution in [0, 0.1) is 0 Å². The lowest BCUT2D eigenvalue weighted by Gasteiger charge is -2.24. The topological polar surface area (TPSA) is 68.6 Å². The van der Waals surface area contributed by atoms with Crippen LogP contribution in [0.3, 0.4) is 0 Å². The van der Waals surface area contributed by atoms with Crippen LogP contribution in [0.4, 0.5) is 18.9 Å². The van der Waals surface area contributed by atoms with Gasteiger partial charge in [0, 0.05) is 24.0 Å². The number of anilines is 1. The third-order valence-corrected chi connectivity index (χ3v) is 6.40. The van der Waals surface area contributed by atoms with Crippen LogP contribution in [0.2, 0.25) is 0 Å². The molecule has 5 heterocycles. The molecule has 4 aromatic rings. The smallest absolute Gasteiger partial charge is 0.449 e. The predicted molar refractivity (Wildman–Crippen MR) is 107 cm³/mol. The highest BCUT2D eigenvalue weighted by molar-refractivity contribution is 6.10. The molecule has 3 aromatic heterocycles. The van der Waals surface area contributed by atoms with E-state index in [9.17, 15) is 22.8 Å². The lowest BCUT2D eigenvalue weighted by atomic mass is 9.77. The van der Waals surface area contributed by atoms with Gasteiger partial charge in [-0.1, -0.05) is 18.2 Å². The number of halogens is 3. The fourth-order valence-corrected chi connectivity index (χ4v) is 4.99. The number of fused-ring (bicyclic) bond motifs is 5. The maximum absolute atomic E-state index is 13.9. The Kier molecular flexibility index (Phi) is 3.65. The van der Waals surface area contributed by atoms with Crippen molar-refractivity contribution in [3.05, 3.63) is 87.9 Å². The van der Waals surface area contributed by atoms with E-state index in [0.717, 1.165) is 6.07 Å². The van der Waals surface area contributed by atoms with E-state index >= 15 is 0 Å². The van der Waals surface area contributed by atoms with Crippen LogP contribution >= 0.6 is 0 Å². The van der Waals surface area contributed by atoms with Crippen molar-refractivity contribution < 1.29 is 26.8 Å². The Hall–Kier alpha value is -3.75. The normalized spacial score (nSPS) is 19.8. The maximum Gasteiger partial charge on any atom is 0.449 e. The van der Waals surface area contributed by atoms with Crippen molar-refractivity contribution in [3.63, 3.8) is 0 Å². The quantitative estimate of drug-likeness (QED) is 0.462. The van der Waals surface area contributed by atoms with E-state index in [-0.39, 0.29) is 23.8 Å². The number of carbonyl (C=O) groups excluding carboxylic acids is 1. The summed E-state index contributed by atoms with van der Waals surface area (Å²) in [5.41, 5.74) is 0.878. The molecule has 9 heteroatoms. The predicted octanol–water partition coefficient (Wildman–Crippen LogP) is 4.44. The molecule has 0 aliphatic carbocycles. The summed E-state index contributed by atoms with van der Waals surface area (Å²) in [5.74, 6) is -1.39. The number of aromatic nitrogens is 1. The van der Waals surface area contributed by atoms with Crippen molar-refractivity contribution in [2.45, 2.75) is 31.1 Å². The number of benzene rings is 1. The third-order valence-electron chi connectivity index (χ3n) is 6.40. The number of amides is 1. The van der Waals surface area contributed by atoms with Crippen LogP contribution in [0.5, 0.6) is 0 Å². The molecule has 2 aliphatic heterocycles. The zero-order valence-corrected chi connectivity index (χ0v) is 16.5. The van der Waals surface area contributed by atoms with Gasteiger partial charge in [0.1, 0.15) is 16.8 Å². The van der Waals surface area contributed by atoms with Gasteiger partial charge in [0.2, 0.25) is 11.7 Å². The molecular formula is C23H15F3N2O4. The van der Waals surface area contributed by atoms with Gasteiger partial charge in [-0.3, -0.25) is 9.59 Å². The summed E-state index contributed by atoms with van der Waals surface area (Å²) in [4.78, 5) is 28.3. The second-order valence-electron chi connectivity index (χ2n) is 8.01. The minimum Gasteiger partial charge on any atom is -0.464 e. The molecule has 0 fully saturated rings. The van der Waals surface area contributed by atoms with E-state index in [1.807, 2.05) is 6.07 Å². The lowest BCUT2D eigenvalue weighted by Crippen LogP contribution is -2.40. The first-order valence-corrected chi connectivity index (χ1v) is 9.99.